The normalized spacial score (nSPS) is 15.9. The second-order valence-electron chi connectivity index (χ2n) is 7.35. The van der Waals surface area contributed by atoms with Crippen LogP contribution in [0, 0.1) is 6.92 Å². The van der Waals surface area contributed by atoms with Gasteiger partial charge >= 0.3 is 0 Å². The van der Waals surface area contributed by atoms with E-state index < -0.39 is 6.04 Å². The molecule has 1 aliphatic heterocycles. The highest BCUT2D eigenvalue weighted by Gasteiger charge is 2.28. The first-order valence-electron chi connectivity index (χ1n) is 9.68. The van der Waals surface area contributed by atoms with Crippen molar-refractivity contribution in [3.8, 4) is 0 Å². The summed E-state index contributed by atoms with van der Waals surface area (Å²) >= 11 is 6.07. The zero-order valence-corrected chi connectivity index (χ0v) is 17.1. The van der Waals surface area contributed by atoms with Crippen LogP contribution in [0.2, 0.25) is 5.02 Å². The molecule has 0 spiro atoms. The van der Waals surface area contributed by atoms with E-state index in [0.717, 1.165) is 19.6 Å². The van der Waals surface area contributed by atoms with E-state index in [0.29, 0.717) is 23.7 Å². The Morgan fingerprint density at radius 3 is 2.43 bits per heavy atom. The molecule has 2 amide bonds. The monoisotopic (exact) mass is 400 g/mol. The van der Waals surface area contributed by atoms with Gasteiger partial charge in [-0.15, -0.1) is 0 Å². The average Bonchev–Trinajstić information content (AvgIpc) is 2.70. The summed E-state index contributed by atoms with van der Waals surface area (Å²) in [7, 11) is 0. The SMILES string of the molecule is Cc1ccccc1C[NH+]1CCN(C(=O)[C@H](C)NC(=O)c2ccccc2Cl)CC1. The molecule has 2 aromatic carbocycles. The van der Waals surface area contributed by atoms with E-state index in [1.807, 2.05) is 4.90 Å². The van der Waals surface area contributed by atoms with E-state index in [-0.39, 0.29) is 11.8 Å². The van der Waals surface area contributed by atoms with Crippen LogP contribution in [0.5, 0.6) is 0 Å². The summed E-state index contributed by atoms with van der Waals surface area (Å²) in [5, 5.41) is 3.15. The molecule has 148 valence electrons. The van der Waals surface area contributed by atoms with Crippen molar-refractivity contribution in [1.29, 1.82) is 0 Å². The molecule has 0 saturated carbocycles. The van der Waals surface area contributed by atoms with Crippen LogP contribution in [-0.4, -0.2) is 48.9 Å². The smallest absolute Gasteiger partial charge is 0.253 e. The lowest BCUT2D eigenvalue weighted by molar-refractivity contribution is -0.917. The summed E-state index contributed by atoms with van der Waals surface area (Å²) in [6, 6.07) is 14.7. The number of piperazine rings is 1. The Kier molecular flexibility index (Phi) is 6.70. The molecule has 0 aromatic heterocycles. The molecule has 0 aliphatic carbocycles. The van der Waals surface area contributed by atoms with Crippen LogP contribution in [0.25, 0.3) is 0 Å². The first-order valence-corrected chi connectivity index (χ1v) is 10.1. The lowest BCUT2D eigenvalue weighted by Gasteiger charge is -2.34. The summed E-state index contributed by atoms with van der Waals surface area (Å²) in [5.74, 6) is -0.370. The maximum absolute atomic E-state index is 12.7. The predicted octanol–water partition coefficient (Wildman–Crippen LogP) is 1.69. The van der Waals surface area contributed by atoms with Crippen LogP contribution in [0.1, 0.15) is 28.4 Å². The zero-order chi connectivity index (χ0) is 20.1. The standard InChI is InChI=1S/C22H26ClN3O2/c1-16-7-3-4-8-18(16)15-25-11-13-26(14-12-25)22(28)17(2)24-21(27)19-9-5-6-10-20(19)23/h3-10,17H,11-15H2,1-2H3,(H,24,27)/p+1/t17-/m0/s1. The van der Waals surface area contributed by atoms with E-state index >= 15 is 0 Å². The van der Waals surface area contributed by atoms with Gasteiger partial charge < -0.3 is 15.1 Å². The second-order valence-corrected chi connectivity index (χ2v) is 7.76. The molecule has 1 heterocycles. The maximum Gasteiger partial charge on any atom is 0.253 e. The minimum Gasteiger partial charge on any atom is -0.340 e. The highest BCUT2D eigenvalue weighted by Crippen LogP contribution is 2.15. The van der Waals surface area contributed by atoms with Gasteiger partial charge in [0.15, 0.2) is 0 Å². The number of hydrogen-bond acceptors (Lipinski definition) is 2. The number of aryl methyl sites for hydroxylation is 1. The largest absolute Gasteiger partial charge is 0.340 e. The van der Waals surface area contributed by atoms with Crippen molar-refractivity contribution in [1.82, 2.24) is 10.2 Å². The Morgan fingerprint density at radius 1 is 1.11 bits per heavy atom. The van der Waals surface area contributed by atoms with Crippen molar-refractivity contribution in [2.24, 2.45) is 0 Å². The summed E-state index contributed by atoms with van der Waals surface area (Å²) in [4.78, 5) is 28.4. The van der Waals surface area contributed by atoms with Gasteiger partial charge in [-0.1, -0.05) is 48.0 Å². The molecule has 5 nitrogen and oxygen atoms in total. The molecule has 3 rings (SSSR count). The van der Waals surface area contributed by atoms with Crippen LogP contribution < -0.4 is 10.2 Å². The zero-order valence-electron chi connectivity index (χ0n) is 16.4. The molecule has 28 heavy (non-hydrogen) atoms. The summed E-state index contributed by atoms with van der Waals surface area (Å²) < 4.78 is 0. The molecular weight excluding hydrogens is 374 g/mol. The van der Waals surface area contributed by atoms with Gasteiger partial charge in [0.25, 0.3) is 5.91 Å². The highest BCUT2D eigenvalue weighted by atomic mass is 35.5. The molecule has 2 aromatic rings. The second kappa shape index (κ2) is 9.22. The lowest BCUT2D eigenvalue weighted by atomic mass is 10.1. The summed E-state index contributed by atoms with van der Waals surface area (Å²) in [5.41, 5.74) is 3.05. The predicted molar refractivity (Wildman–Crippen MR) is 111 cm³/mol. The lowest BCUT2D eigenvalue weighted by Crippen LogP contribution is -3.13. The number of amides is 2. The van der Waals surface area contributed by atoms with Gasteiger partial charge in [-0.25, -0.2) is 0 Å². The number of hydrogen-bond donors (Lipinski definition) is 2. The first-order chi connectivity index (χ1) is 13.5. The third-order valence-electron chi connectivity index (χ3n) is 5.32. The van der Waals surface area contributed by atoms with Gasteiger partial charge in [-0.05, 0) is 31.5 Å². The third-order valence-corrected chi connectivity index (χ3v) is 5.65. The molecule has 1 saturated heterocycles. The quantitative estimate of drug-likeness (QED) is 0.802. The molecule has 6 heteroatoms. The fraction of sp³-hybridized carbons (Fsp3) is 0.364. The first kappa shape index (κ1) is 20.4. The van der Waals surface area contributed by atoms with Gasteiger partial charge in [0.05, 0.1) is 36.8 Å². The Hall–Kier alpha value is -2.37. The van der Waals surface area contributed by atoms with Crippen LogP contribution in [0.15, 0.2) is 48.5 Å². The number of nitrogens with zero attached hydrogens (tertiary/aromatic N) is 1. The number of benzene rings is 2. The Bertz CT molecular complexity index is 847. The molecule has 0 radical (unpaired) electrons. The number of quaternary nitrogens is 1. The number of rotatable bonds is 5. The van der Waals surface area contributed by atoms with E-state index in [9.17, 15) is 9.59 Å². The van der Waals surface area contributed by atoms with E-state index in [1.54, 1.807) is 31.2 Å². The topological polar surface area (TPSA) is 53.9 Å². The maximum atomic E-state index is 12.7. The minimum atomic E-state index is -0.582. The Morgan fingerprint density at radius 2 is 1.75 bits per heavy atom. The molecule has 1 fully saturated rings. The average molecular weight is 401 g/mol. The highest BCUT2D eigenvalue weighted by molar-refractivity contribution is 6.33. The van der Waals surface area contributed by atoms with Crippen molar-refractivity contribution < 1.29 is 14.5 Å². The van der Waals surface area contributed by atoms with Crippen LogP contribution in [0.3, 0.4) is 0 Å². The van der Waals surface area contributed by atoms with Crippen molar-refractivity contribution >= 4 is 23.4 Å². The Labute approximate surface area is 171 Å². The van der Waals surface area contributed by atoms with E-state index in [4.69, 9.17) is 11.6 Å². The fourth-order valence-corrected chi connectivity index (χ4v) is 3.77. The minimum absolute atomic E-state index is 0.0460. The van der Waals surface area contributed by atoms with Gasteiger partial charge in [0.1, 0.15) is 12.6 Å². The van der Waals surface area contributed by atoms with Gasteiger partial charge in [0.2, 0.25) is 5.91 Å². The molecular formula is C22H27ClN3O2+. The summed E-state index contributed by atoms with van der Waals surface area (Å²) in [6.07, 6.45) is 0. The Balaban J connectivity index is 1.51. The molecule has 0 bridgehead atoms. The number of halogens is 1. The van der Waals surface area contributed by atoms with E-state index in [1.165, 1.54) is 16.0 Å². The van der Waals surface area contributed by atoms with Crippen molar-refractivity contribution in [3.05, 3.63) is 70.2 Å². The van der Waals surface area contributed by atoms with Crippen LogP contribution >= 0.6 is 11.6 Å². The number of carbonyl (C=O) groups excluding carboxylic acids is 2. The fourth-order valence-electron chi connectivity index (χ4n) is 3.55. The van der Waals surface area contributed by atoms with Crippen molar-refractivity contribution in [2.75, 3.05) is 26.2 Å². The molecule has 0 unspecified atom stereocenters. The van der Waals surface area contributed by atoms with Crippen LogP contribution in [-0.2, 0) is 11.3 Å². The number of nitrogens with one attached hydrogen (secondary N) is 2. The number of carbonyl (C=O) groups is 2. The van der Waals surface area contributed by atoms with E-state index in [2.05, 4.69) is 36.5 Å². The van der Waals surface area contributed by atoms with Crippen molar-refractivity contribution in [3.63, 3.8) is 0 Å². The van der Waals surface area contributed by atoms with Crippen molar-refractivity contribution in [2.45, 2.75) is 26.4 Å². The van der Waals surface area contributed by atoms with Crippen LogP contribution in [0.4, 0.5) is 0 Å². The molecule has 1 aliphatic rings. The molecule has 2 N–H and O–H groups in total. The third kappa shape index (κ3) is 4.91. The van der Waals surface area contributed by atoms with Gasteiger partial charge in [0, 0.05) is 5.56 Å². The summed E-state index contributed by atoms with van der Waals surface area (Å²) in [6.45, 7) is 8.06. The van der Waals surface area contributed by atoms with Gasteiger partial charge in [-0.3, -0.25) is 9.59 Å². The molecule has 1 atom stereocenters. The van der Waals surface area contributed by atoms with Gasteiger partial charge in [-0.2, -0.15) is 0 Å².